The Kier molecular flexibility index (Phi) is 4.67. The smallest absolute Gasteiger partial charge is 0.243 e. The molecule has 1 unspecified atom stereocenters. The number of imide groups is 1. The number of nitrogens with zero attached hydrogens (tertiary/aromatic N) is 1. The molecule has 1 atom stereocenters. The topological polar surface area (TPSA) is 66.5 Å². The fourth-order valence-corrected chi connectivity index (χ4v) is 2.67. The van der Waals surface area contributed by atoms with E-state index in [9.17, 15) is 14.4 Å². The number of hydrogen-bond acceptors (Lipinski definition) is 4. The lowest BCUT2D eigenvalue weighted by Crippen LogP contribution is -2.58. The average molecular weight is 339 g/mol. The minimum Gasteiger partial charge on any atom is -0.294 e. The Morgan fingerprint density at radius 1 is 1.45 bits per heavy atom. The van der Waals surface area contributed by atoms with Gasteiger partial charge in [0.05, 0.1) is 19.1 Å². The lowest BCUT2D eigenvalue weighted by atomic mass is 10.1. The second-order valence-electron chi connectivity index (χ2n) is 4.67. The van der Waals surface area contributed by atoms with Gasteiger partial charge in [0.1, 0.15) is 0 Å². The number of carbonyl (C=O) groups excluding carboxylic acids is 3. The first-order valence-electron chi connectivity index (χ1n) is 6.37. The summed E-state index contributed by atoms with van der Waals surface area (Å²) < 4.78 is 0.822. The number of rotatable bonds is 4. The Morgan fingerprint density at radius 3 is 2.85 bits per heavy atom. The van der Waals surface area contributed by atoms with E-state index in [0.717, 1.165) is 4.47 Å². The number of piperazine rings is 1. The zero-order chi connectivity index (χ0) is 14.7. The summed E-state index contributed by atoms with van der Waals surface area (Å²) in [7, 11) is 0. The third-order valence-corrected chi connectivity index (χ3v) is 3.73. The van der Waals surface area contributed by atoms with Crippen molar-refractivity contribution in [3.05, 3.63) is 34.3 Å². The highest BCUT2D eigenvalue weighted by molar-refractivity contribution is 9.10. The molecule has 1 heterocycles. The molecule has 2 rings (SSSR count). The molecule has 106 valence electrons. The van der Waals surface area contributed by atoms with Gasteiger partial charge < -0.3 is 0 Å². The van der Waals surface area contributed by atoms with Crippen molar-refractivity contribution < 1.29 is 14.4 Å². The Bertz CT molecular complexity index is 559. The van der Waals surface area contributed by atoms with Gasteiger partial charge in [-0.25, -0.2) is 0 Å². The molecule has 1 aliphatic rings. The first kappa shape index (κ1) is 14.9. The van der Waals surface area contributed by atoms with Crippen LogP contribution in [0.15, 0.2) is 28.7 Å². The molecule has 0 aliphatic carbocycles. The van der Waals surface area contributed by atoms with Crippen LogP contribution in [0.1, 0.15) is 23.7 Å². The second kappa shape index (κ2) is 6.28. The van der Waals surface area contributed by atoms with Crippen molar-refractivity contribution in [2.75, 3.05) is 13.1 Å². The summed E-state index contributed by atoms with van der Waals surface area (Å²) in [6.07, 6.45) is 0.560. The number of amides is 2. The maximum absolute atomic E-state index is 12.2. The number of halogens is 1. The van der Waals surface area contributed by atoms with Crippen LogP contribution < -0.4 is 5.32 Å². The molecule has 0 radical (unpaired) electrons. The van der Waals surface area contributed by atoms with Gasteiger partial charge in [0.25, 0.3) is 0 Å². The minimum atomic E-state index is -0.427. The molecule has 0 bridgehead atoms. The van der Waals surface area contributed by atoms with Crippen LogP contribution in [0.5, 0.6) is 0 Å². The molecule has 6 heteroatoms. The molecule has 1 fully saturated rings. The Labute approximate surface area is 125 Å². The monoisotopic (exact) mass is 338 g/mol. The SMILES string of the molecule is CCC1C(=O)NC(=O)CN1CC(=O)c1cccc(Br)c1. The fraction of sp³-hybridized carbons (Fsp3) is 0.357. The van der Waals surface area contributed by atoms with Gasteiger partial charge in [-0.15, -0.1) is 0 Å². The van der Waals surface area contributed by atoms with E-state index < -0.39 is 6.04 Å². The molecule has 1 N–H and O–H groups in total. The summed E-state index contributed by atoms with van der Waals surface area (Å²) >= 11 is 3.32. The standard InChI is InChI=1S/C14H15BrN2O3/c1-2-11-14(20)16-13(19)8-17(11)7-12(18)9-4-3-5-10(15)6-9/h3-6,11H,2,7-8H2,1H3,(H,16,19,20). The van der Waals surface area contributed by atoms with Crippen molar-refractivity contribution in [2.24, 2.45) is 0 Å². The molecule has 1 aliphatic heterocycles. The minimum absolute atomic E-state index is 0.0636. The predicted octanol–water partition coefficient (Wildman–Crippen LogP) is 1.37. The van der Waals surface area contributed by atoms with Crippen molar-refractivity contribution >= 4 is 33.5 Å². The van der Waals surface area contributed by atoms with Crippen LogP contribution >= 0.6 is 15.9 Å². The lowest BCUT2D eigenvalue weighted by molar-refractivity contribution is -0.139. The van der Waals surface area contributed by atoms with Gasteiger partial charge >= 0.3 is 0 Å². The van der Waals surface area contributed by atoms with Crippen molar-refractivity contribution in [3.8, 4) is 0 Å². The van der Waals surface area contributed by atoms with Crippen LogP contribution in [0.4, 0.5) is 0 Å². The zero-order valence-corrected chi connectivity index (χ0v) is 12.6. The molecule has 5 nitrogen and oxygen atoms in total. The van der Waals surface area contributed by atoms with Crippen LogP contribution in [0.25, 0.3) is 0 Å². The Morgan fingerprint density at radius 2 is 2.20 bits per heavy atom. The molecule has 0 spiro atoms. The van der Waals surface area contributed by atoms with E-state index in [1.165, 1.54) is 0 Å². The molecular weight excluding hydrogens is 324 g/mol. The summed E-state index contributed by atoms with van der Waals surface area (Å²) in [5, 5.41) is 2.29. The molecular formula is C14H15BrN2O3. The maximum Gasteiger partial charge on any atom is 0.243 e. The normalized spacial score (nSPS) is 19.8. The van der Waals surface area contributed by atoms with E-state index >= 15 is 0 Å². The molecule has 20 heavy (non-hydrogen) atoms. The summed E-state index contributed by atoms with van der Waals surface area (Å²) in [5.74, 6) is -0.792. The van der Waals surface area contributed by atoms with Gasteiger partial charge in [-0.05, 0) is 18.6 Å². The van der Waals surface area contributed by atoms with E-state index in [-0.39, 0.29) is 30.7 Å². The number of ketones is 1. The van der Waals surface area contributed by atoms with Crippen molar-refractivity contribution in [1.82, 2.24) is 10.2 Å². The molecule has 0 aromatic heterocycles. The van der Waals surface area contributed by atoms with Crippen molar-refractivity contribution in [2.45, 2.75) is 19.4 Å². The van der Waals surface area contributed by atoms with Crippen LogP contribution in [-0.4, -0.2) is 41.6 Å². The van der Waals surface area contributed by atoms with E-state index in [2.05, 4.69) is 21.2 Å². The highest BCUT2D eigenvalue weighted by Gasteiger charge is 2.33. The fourth-order valence-electron chi connectivity index (χ4n) is 2.27. The molecule has 1 aromatic carbocycles. The number of carbonyl (C=O) groups is 3. The third-order valence-electron chi connectivity index (χ3n) is 3.23. The van der Waals surface area contributed by atoms with Crippen molar-refractivity contribution in [3.63, 3.8) is 0 Å². The van der Waals surface area contributed by atoms with Gasteiger partial charge in [-0.3, -0.25) is 24.6 Å². The van der Waals surface area contributed by atoms with E-state index in [1.54, 1.807) is 23.1 Å². The molecule has 2 amide bonds. The highest BCUT2D eigenvalue weighted by atomic mass is 79.9. The maximum atomic E-state index is 12.2. The number of Topliss-reactive ketones (excluding diaryl/α,β-unsaturated/α-hetero) is 1. The van der Waals surface area contributed by atoms with Gasteiger partial charge in [0.2, 0.25) is 11.8 Å². The van der Waals surface area contributed by atoms with E-state index in [4.69, 9.17) is 0 Å². The van der Waals surface area contributed by atoms with Gasteiger partial charge in [0.15, 0.2) is 5.78 Å². The summed E-state index contributed by atoms with van der Waals surface area (Å²) in [5.41, 5.74) is 0.563. The summed E-state index contributed by atoms with van der Waals surface area (Å²) in [6.45, 7) is 1.99. The average Bonchev–Trinajstić information content (AvgIpc) is 2.38. The van der Waals surface area contributed by atoms with Crippen LogP contribution in [0.2, 0.25) is 0 Å². The van der Waals surface area contributed by atoms with Gasteiger partial charge in [-0.2, -0.15) is 0 Å². The van der Waals surface area contributed by atoms with Crippen LogP contribution in [-0.2, 0) is 9.59 Å². The molecule has 1 saturated heterocycles. The summed E-state index contributed by atoms with van der Waals surface area (Å²) in [6, 6.07) is 6.64. The second-order valence-corrected chi connectivity index (χ2v) is 5.59. The van der Waals surface area contributed by atoms with E-state index in [1.807, 2.05) is 13.0 Å². The number of nitrogens with one attached hydrogen (secondary N) is 1. The largest absolute Gasteiger partial charge is 0.294 e. The quantitative estimate of drug-likeness (QED) is 0.665. The van der Waals surface area contributed by atoms with E-state index in [0.29, 0.717) is 12.0 Å². The Hall–Kier alpha value is -1.53. The third kappa shape index (κ3) is 3.32. The Balaban J connectivity index is 2.13. The molecule has 0 saturated carbocycles. The number of hydrogen-bond donors (Lipinski definition) is 1. The lowest BCUT2D eigenvalue weighted by Gasteiger charge is -2.32. The first-order chi connectivity index (χ1) is 9.51. The zero-order valence-electron chi connectivity index (χ0n) is 11.1. The predicted molar refractivity (Wildman–Crippen MR) is 77.3 cm³/mol. The van der Waals surface area contributed by atoms with Crippen LogP contribution in [0, 0.1) is 0 Å². The molecule has 1 aromatic rings. The van der Waals surface area contributed by atoms with Crippen molar-refractivity contribution in [1.29, 1.82) is 0 Å². The van der Waals surface area contributed by atoms with Gasteiger partial charge in [0, 0.05) is 10.0 Å². The first-order valence-corrected chi connectivity index (χ1v) is 7.17. The summed E-state index contributed by atoms with van der Waals surface area (Å²) in [4.78, 5) is 37.0. The van der Waals surface area contributed by atoms with Crippen LogP contribution in [0.3, 0.4) is 0 Å². The highest BCUT2D eigenvalue weighted by Crippen LogP contribution is 2.14. The number of benzene rings is 1. The van der Waals surface area contributed by atoms with Gasteiger partial charge in [-0.1, -0.05) is 35.0 Å².